The monoisotopic (exact) mass is 337 g/mol. The molecule has 2 aromatic rings. The number of carbonyl (C=O) groups excluding carboxylic acids is 2. The highest BCUT2D eigenvalue weighted by Gasteiger charge is 2.23. The average molecular weight is 337 g/mol. The summed E-state index contributed by atoms with van der Waals surface area (Å²) in [5, 5.41) is 6.31. The van der Waals surface area contributed by atoms with Crippen molar-refractivity contribution in [2.24, 2.45) is 5.73 Å². The van der Waals surface area contributed by atoms with Gasteiger partial charge >= 0.3 is 0 Å². The summed E-state index contributed by atoms with van der Waals surface area (Å²) >= 11 is 0. The van der Waals surface area contributed by atoms with Gasteiger partial charge in [0.2, 0.25) is 11.8 Å². The third-order valence-electron chi connectivity index (χ3n) is 4.65. The van der Waals surface area contributed by atoms with Crippen molar-refractivity contribution in [1.29, 1.82) is 0 Å². The van der Waals surface area contributed by atoms with Gasteiger partial charge in [-0.05, 0) is 61.6 Å². The smallest absolute Gasteiger partial charge is 0.248 e. The van der Waals surface area contributed by atoms with Crippen LogP contribution >= 0.6 is 0 Å². The molecule has 0 fully saturated rings. The standard InChI is InChI=1S/C20H23N3O2/c1-13(20(25)23-16-11-9-15(10-12-16)19(21)24)22-18-8-4-6-14-5-2-3-7-17(14)18/h2-3,5,7,9-13,18,22H,4,6,8H2,1H3,(H2,21,24)(H,23,25)/t13-,18-/m0/s1. The number of hydrogen-bond donors (Lipinski definition) is 3. The first-order chi connectivity index (χ1) is 12.0. The topological polar surface area (TPSA) is 84.2 Å². The molecule has 2 aromatic carbocycles. The van der Waals surface area contributed by atoms with E-state index in [9.17, 15) is 9.59 Å². The van der Waals surface area contributed by atoms with Crippen LogP contribution in [-0.4, -0.2) is 17.9 Å². The van der Waals surface area contributed by atoms with E-state index in [1.807, 2.05) is 13.0 Å². The van der Waals surface area contributed by atoms with Gasteiger partial charge in [-0.3, -0.25) is 14.9 Å². The van der Waals surface area contributed by atoms with Gasteiger partial charge in [-0.15, -0.1) is 0 Å². The van der Waals surface area contributed by atoms with Crippen molar-refractivity contribution < 1.29 is 9.59 Å². The third-order valence-corrected chi connectivity index (χ3v) is 4.65. The molecule has 4 N–H and O–H groups in total. The predicted octanol–water partition coefficient (Wildman–Crippen LogP) is 2.78. The van der Waals surface area contributed by atoms with Crippen molar-refractivity contribution in [2.45, 2.75) is 38.3 Å². The Morgan fingerprint density at radius 3 is 2.56 bits per heavy atom. The molecule has 3 rings (SSSR count). The molecule has 2 atom stereocenters. The van der Waals surface area contributed by atoms with Gasteiger partial charge in [0.1, 0.15) is 0 Å². The molecule has 0 saturated carbocycles. The van der Waals surface area contributed by atoms with E-state index in [4.69, 9.17) is 5.73 Å². The number of amides is 2. The van der Waals surface area contributed by atoms with Crippen molar-refractivity contribution in [2.75, 3.05) is 5.32 Å². The molecule has 0 aromatic heterocycles. The molecule has 0 radical (unpaired) electrons. The normalized spacial score (nSPS) is 17.4. The average Bonchev–Trinajstić information content (AvgIpc) is 2.62. The summed E-state index contributed by atoms with van der Waals surface area (Å²) in [5.41, 5.74) is 8.94. The summed E-state index contributed by atoms with van der Waals surface area (Å²) in [4.78, 5) is 23.5. The Labute approximate surface area is 147 Å². The number of rotatable bonds is 5. The summed E-state index contributed by atoms with van der Waals surface area (Å²) in [7, 11) is 0. The van der Waals surface area contributed by atoms with Gasteiger partial charge in [-0.25, -0.2) is 0 Å². The number of nitrogens with two attached hydrogens (primary N) is 1. The van der Waals surface area contributed by atoms with Crippen molar-refractivity contribution in [1.82, 2.24) is 5.32 Å². The van der Waals surface area contributed by atoms with Crippen molar-refractivity contribution in [3.63, 3.8) is 0 Å². The third kappa shape index (κ3) is 4.06. The quantitative estimate of drug-likeness (QED) is 0.784. The van der Waals surface area contributed by atoms with E-state index in [2.05, 4.69) is 28.8 Å². The van der Waals surface area contributed by atoms with E-state index >= 15 is 0 Å². The number of anilines is 1. The van der Waals surface area contributed by atoms with Crippen LogP contribution in [0.1, 0.15) is 47.3 Å². The van der Waals surface area contributed by atoms with Crippen LogP contribution in [0.3, 0.4) is 0 Å². The van der Waals surface area contributed by atoms with Gasteiger partial charge in [0.05, 0.1) is 6.04 Å². The first-order valence-corrected chi connectivity index (χ1v) is 8.59. The zero-order valence-corrected chi connectivity index (χ0v) is 14.3. The van der Waals surface area contributed by atoms with Gasteiger partial charge in [-0.2, -0.15) is 0 Å². The number of nitrogens with one attached hydrogen (secondary N) is 2. The Morgan fingerprint density at radius 1 is 1.12 bits per heavy atom. The molecule has 0 bridgehead atoms. The number of carbonyl (C=O) groups is 2. The van der Waals surface area contributed by atoms with Gasteiger partial charge in [-0.1, -0.05) is 24.3 Å². The number of aryl methyl sites for hydroxylation is 1. The van der Waals surface area contributed by atoms with Gasteiger partial charge in [0.25, 0.3) is 0 Å². The molecule has 5 heteroatoms. The van der Waals surface area contributed by atoms with Crippen LogP contribution in [0.25, 0.3) is 0 Å². The Balaban J connectivity index is 1.62. The summed E-state index contributed by atoms with van der Waals surface area (Å²) in [5.74, 6) is -0.584. The largest absolute Gasteiger partial charge is 0.366 e. The summed E-state index contributed by atoms with van der Waals surface area (Å²) in [6.07, 6.45) is 3.25. The van der Waals surface area contributed by atoms with E-state index in [0.29, 0.717) is 11.3 Å². The Morgan fingerprint density at radius 2 is 1.84 bits per heavy atom. The molecule has 0 spiro atoms. The van der Waals surface area contributed by atoms with Crippen LogP contribution in [0.2, 0.25) is 0 Å². The molecule has 0 unspecified atom stereocenters. The van der Waals surface area contributed by atoms with E-state index in [-0.39, 0.29) is 18.0 Å². The van der Waals surface area contributed by atoms with Gasteiger partial charge < -0.3 is 11.1 Å². The second-order valence-electron chi connectivity index (χ2n) is 6.46. The molecule has 1 aliphatic carbocycles. The van der Waals surface area contributed by atoms with Crippen LogP contribution in [0.15, 0.2) is 48.5 Å². The van der Waals surface area contributed by atoms with Crippen LogP contribution in [0.4, 0.5) is 5.69 Å². The fourth-order valence-electron chi connectivity index (χ4n) is 3.27. The van der Waals surface area contributed by atoms with Crippen molar-refractivity contribution in [3.8, 4) is 0 Å². The SMILES string of the molecule is C[C@H](N[C@H]1CCCc2ccccc21)C(=O)Nc1ccc(C(N)=O)cc1. The maximum Gasteiger partial charge on any atom is 0.248 e. The van der Waals surface area contributed by atoms with Crippen LogP contribution in [0, 0.1) is 0 Å². The van der Waals surface area contributed by atoms with Crippen LogP contribution in [0.5, 0.6) is 0 Å². The molecule has 130 valence electrons. The molecular formula is C20H23N3O2. The Hall–Kier alpha value is -2.66. The van der Waals surface area contributed by atoms with Crippen LogP contribution < -0.4 is 16.4 Å². The molecule has 2 amide bonds. The number of hydrogen-bond acceptors (Lipinski definition) is 3. The van der Waals surface area contributed by atoms with Crippen LogP contribution in [-0.2, 0) is 11.2 Å². The Kier molecular flexibility index (Phi) is 5.14. The molecule has 25 heavy (non-hydrogen) atoms. The summed E-state index contributed by atoms with van der Waals surface area (Å²) < 4.78 is 0. The molecule has 0 heterocycles. The number of fused-ring (bicyclic) bond motifs is 1. The number of benzene rings is 2. The predicted molar refractivity (Wildman–Crippen MR) is 98.3 cm³/mol. The second kappa shape index (κ2) is 7.49. The zero-order valence-electron chi connectivity index (χ0n) is 14.3. The van der Waals surface area contributed by atoms with Crippen molar-refractivity contribution >= 4 is 17.5 Å². The van der Waals surface area contributed by atoms with E-state index < -0.39 is 5.91 Å². The lowest BCUT2D eigenvalue weighted by Crippen LogP contribution is -2.41. The first kappa shape index (κ1) is 17.2. The minimum atomic E-state index is -0.483. The molecule has 1 aliphatic rings. The number of primary amides is 1. The minimum absolute atomic E-state index is 0.102. The minimum Gasteiger partial charge on any atom is -0.366 e. The lowest BCUT2D eigenvalue weighted by molar-refractivity contribution is -0.118. The highest BCUT2D eigenvalue weighted by atomic mass is 16.2. The fraction of sp³-hybridized carbons (Fsp3) is 0.300. The molecule has 0 aliphatic heterocycles. The highest BCUT2D eigenvalue weighted by molar-refractivity contribution is 5.96. The summed E-state index contributed by atoms with van der Waals surface area (Å²) in [6.45, 7) is 1.87. The maximum atomic E-state index is 12.5. The second-order valence-corrected chi connectivity index (χ2v) is 6.46. The maximum absolute atomic E-state index is 12.5. The lowest BCUT2D eigenvalue weighted by Gasteiger charge is -2.28. The summed E-state index contributed by atoms with van der Waals surface area (Å²) in [6, 6.07) is 14.8. The Bertz CT molecular complexity index is 771. The lowest BCUT2D eigenvalue weighted by atomic mass is 9.87. The van der Waals surface area contributed by atoms with E-state index in [1.165, 1.54) is 11.1 Å². The first-order valence-electron chi connectivity index (χ1n) is 8.59. The molecular weight excluding hydrogens is 314 g/mol. The van der Waals surface area contributed by atoms with E-state index in [0.717, 1.165) is 19.3 Å². The zero-order chi connectivity index (χ0) is 17.8. The van der Waals surface area contributed by atoms with E-state index in [1.54, 1.807) is 24.3 Å². The fourth-order valence-corrected chi connectivity index (χ4v) is 3.27. The molecule has 5 nitrogen and oxygen atoms in total. The molecule has 0 saturated heterocycles. The van der Waals surface area contributed by atoms with Gasteiger partial charge in [0.15, 0.2) is 0 Å². The van der Waals surface area contributed by atoms with Crippen molar-refractivity contribution in [3.05, 3.63) is 65.2 Å². The van der Waals surface area contributed by atoms with Gasteiger partial charge in [0, 0.05) is 17.3 Å². The highest BCUT2D eigenvalue weighted by Crippen LogP contribution is 2.29.